The molecular formula is C56H44B2N2O5. The fraction of sp³-hybridized carbons (Fsp3) is 0.0714. The van der Waals surface area contributed by atoms with Crippen LogP contribution >= 0.6 is 0 Å². The summed E-state index contributed by atoms with van der Waals surface area (Å²) >= 11 is 0. The van der Waals surface area contributed by atoms with Crippen LogP contribution in [-0.4, -0.2) is 31.0 Å². The number of anilines is 4. The van der Waals surface area contributed by atoms with Gasteiger partial charge in [-0.2, -0.15) is 0 Å². The minimum absolute atomic E-state index is 0.0486. The summed E-state index contributed by atoms with van der Waals surface area (Å²) in [7, 11) is 13.1. The maximum Gasteiger partial charge on any atom is 0.184 e. The number of aryl methyl sites for hydroxylation is 2. The summed E-state index contributed by atoms with van der Waals surface area (Å²) in [5.41, 5.74) is 7.67. The second-order valence-electron chi connectivity index (χ2n) is 16.0. The number of rotatable bonds is 9. The van der Waals surface area contributed by atoms with Crippen LogP contribution in [0.25, 0.3) is 76.2 Å². The van der Waals surface area contributed by atoms with Gasteiger partial charge in [-0.3, -0.25) is 4.90 Å². The van der Waals surface area contributed by atoms with Gasteiger partial charge in [0.2, 0.25) is 0 Å². The molecule has 2 heterocycles. The van der Waals surface area contributed by atoms with Gasteiger partial charge in [-0.1, -0.05) is 127 Å². The van der Waals surface area contributed by atoms with E-state index in [1.54, 1.807) is 4.90 Å². The zero-order chi connectivity index (χ0) is 45.8. The fourth-order valence-corrected chi connectivity index (χ4v) is 9.12. The van der Waals surface area contributed by atoms with E-state index in [2.05, 4.69) is 62.2 Å². The molecule has 0 atom stereocenters. The average molecular weight is 847 g/mol. The van der Waals surface area contributed by atoms with Crippen LogP contribution in [0.15, 0.2) is 202 Å². The van der Waals surface area contributed by atoms with Crippen molar-refractivity contribution in [3.05, 3.63) is 204 Å². The highest BCUT2D eigenvalue weighted by molar-refractivity contribution is 6.30. The summed E-state index contributed by atoms with van der Waals surface area (Å²) in [6.45, 7) is 17.3. The lowest BCUT2D eigenvalue weighted by Crippen LogP contribution is -2.21. The van der Waals surface area contributed by atoms with Gasteiger partial charge in [0.1, 0.15) is 44.1 Å². The molecule has 7 nitrogen and oxygen atoms in total. The van der Waals surface area contributed by atoms with E-state index >= 15 is 0 Å². The summed E-state index contributed by atoms with van der Waals surface area (Å²) in [6.07, 6.45) is 5.74. The maximum absolute atomic E-state index is 11.8. The number of fused-ring (bicyclic) bond motifs is 6. The second-order valence-corrected chi connectivity index (χ2v) is 16.0. The topological polar surface area (TPSA) is 93.5 Å². The molecule has 314 valence electrons. The van der Waals surface area contributed by atoms with Crippen molar-refractivity contribution in [2.45, 2.75) is 27.7 Å². The lowest BCUT2D eigenvalue weighted by atomic mass is 9.90. The number of allylic oxidation sites excluding steroid dienone is 4. The van der Waals surface area contributed by atoms with E-state index in [1.807, 2.05) is 123 Å². The highest BCUT2D eigenvalue weighted by Crippen LogP contribution is 2.49. The molecule has 10 aromatic rings. The fourth-order valence-electron chi connectivity index (χ4n) is 9.12. The average Bonchev–Trinajstić information content (AvgIpc) is 3.91. The first kappa shape index (κ1) is 42.3. The van der Waals surface area contributed by atoms with E-state index in [0.29, 0.717) is 33.7 Å². The summed E-state index contributed by atoms with van der Waals surface area (Å²) in [5, 5.41) is 43.8. The minimum atomic E-state index is -0.659. The zero-order valence-corrected chi connectivity index (χ0v) is 36.6. The van der Waals surface area contributed by atoms with E-state index in [1.165, 1.54) is 6.92 Å². The Balaban J connectivity index is 0.00000263. The van der Waals surface area contributed by atoms with Crippen LogP contribution < -0.4 is 9.80 Å². The van der Waals surface area contributed by atoms with E-state index in [4.69, 9.17) is 24.5 Å². The number of aliphatic hydroxyl groups is 3. The van der Waals surface area contributed by atoms with E-state index in [9.17, 15) is 15.3 Å². The quantitative estimate of drug-likeness (QED) is 0.0438. The van der Waals surface area contributed by atoms with Gasteiger partial charge >= 0.3 is 0 Å². The standard InChI is InChI=1S/C54H40B2N2O5.C2H4/c1-6-7-20-45(56)57(43-18-10-16-37-35-14-8-12-29(2)51(35)62-53(37)43)41-27-23-33-22-26-40-42(28-24-34-21-25-39(41)46(33)47(34)40)58(48(32(5)59)50(61)49(60)31(4)55)44-19-11-17-38-36-15-9-13-30(3)52(36)63-54(38)44;1-2/h6-28,59-61H,5H2,1-4H3;1-2H2/b7-6-,45-20+,49-31-,50-48-;. The number of furan rings is 2. The first-order valence-corrected chi connectivity index (χ1v) is 21.2. The van der Waals surface area contributed by atoms with Gasteiger partial charge in [0.25, 0.3) is 0 Å². The first-order chi connectivity index (χ1) is 31.5. The predicted octanol–water partition coefficient (Wildman–Crippen LogP) is 15.5. The number of para-hydroxylation sites is 4. The highest BCUT2D eigenvalue weighted by atomic mass is 16.3. The molecule has 0 aliphatic heterocycles. The van der Waals surface area contributed by atoms with Crippen LogP contribution in [0, 0.1) is 13.8 Å². The summed E-state index contributed by atoms with van der Waals surface area (Å²) in [5.74, 6) is -1.77. The lowest BCUT2D eigenvalue weighted by Gasteiger charge is -2.31. The van der Waals surface area contributed by atoms with Crippen molar-refractivity contribution < 1.29 is 24.2 Å². The van der Waals surface area contributed by atoms with Crippen LogP contribution in [0.2, 0.25) is 0 Å². The molecule has 10 rings (SSSR count). The molecule has 3 N–H and O–H groups in total. The zero-order valence-electron chi connectivity index (χ0n) is 36.6. The van der Waals surface area contributed by atoms with Gasteiger partial charge < -0.3 is 29.1 Å². The third-order valence-corrected chi connectivity index (χ3v) is 12.0. The largest absolute Gasteiger partial charge is 0.506 e. The first-order valence-electron chi connectivity index (χ1n) is 21.2. The van der Waals surface area contributed by atoms with E-state index in [0.717, 1.165) is 81.9 Å². The highest BCUT2D eigenvalue weighted by Gasteiger charge is 2.30. The summed E-state index contributed by atoms with van der Waals surface area (Å²) in [6, 6.07) is 40.4. The monoisotopic (exact) mass is 846 g/mol. The van der Waals surface area contributed by atoms with Crippen molar-refractivity contribution in [3.63, 3.8) is 0 Å². The van der Waals surface area contributed by atoms with Gasteiger partial charge in [-0.05, 0) is 90.2 Å². The molecule has 0 saturated carbocycles. The Labute approximate surface area is 379 Å². The molecule has 0 aliphatic carbocycles. The third kappa shape index (κ3) is 6.70. The molecule has 9 heteroatoms. The molecule has 8 aromatic carbocycles. The van der Waals surface area contributed by atoms with Crippen molar-refractivity contribution in [1.82, 2.24) is 0 Å². The van der Waals surface area contributed by atoms with Gasteiger partial charge in [0.05, 0.1) is 22.7 Å². The molecular weight excluding hydrogens is 802 g/mol. The smallest absolute Gasteiger partial charge is 0.184 e. The molecule has 0 saturated heterocycles. The number of benzene rings is 8. The summed E-state index contributed by atoms with van der Waals surface area (Å²) < 4.78 is 13.4. The van der Waals surface area contributed by atoms with Crippen molar-refractivity contribution in [2.75, 3.05) is 9.80 Å². The van der Waals surface area contributed by atoms with Crippen LogP contribution in [0.1, 0.15) is 25.0 Å². The molecule has 0 bridgehead atoms. The molecule has 0 fully saturated rings. The Hall–Kier alpha value is -8.03. The third-order valence-electron chi connectivity index (χ3n) is 12.0. The van der Waals surface area contributed by atoms with Crippen molar-refractivity contribution in [1.29, 1.82) is 0 Å². The molecule has 0 amide bonds. The van der Waals surface area contributed by atoms with Crippen molar-refractivity contribution in [2.24, 2.45) is 0 Å². The molecule has 4 radical (unpaired) electrons. The number of hydrogen-bond donors (Lipinski definition) is 3. The Morgan fingerprint density at radius 2 is 0.969 bits per heavy atom. The Morgan fingerprint density at radius 1 is 0.538 bits per heavy atom. The number of aliphatic hydroxyl groups excluding tert-OH is 3. The molecule has 65 heavy (non-hydrogen) atoms. The molecule has 0 spiro atoms. The van der Waals surface area contributed by atoms with Crippen LogP contribution in [0.4, 0.5) is 22.7 Å². The van der Waals surface area contributed by atoms with Gasteiger partial charge in [0, 0.05) is 32.3 Å². The van der Waals surface area contributed by atoms with Crippen molar-refractivity contribution >= 4 is 115 Å². The second kappa shape index (κ2) is 16.6. The minimum Gasteiger partial charge on any atom is -0.506 e. The van der Waals surface area contributed by atoms with Crippen LogP contribution in [0.3, 0.4) is 0 Å². The predicted molar refractivity (Wildman–Crippen MR) is 274 cm³/mol. The van der Waals surface area contributed by atoms with Gasteiger partial charge in [-0.25, -0.2) is 0 Å². The van der Waals surface area contributed by atoms with E-state index in [-0.39, 0.29) is 11.2 Å². The Kier molecular flexibility index (Phi) is 10.8. The van der Waals surface area contributed by atoms with Crippen LogP contribution in [0.5, 0.6) is 0 Å². The maximum atomic E-state index is 11.8. The Bertz CT molecular complexity index is 3680. The van der Waals surface area contributed by atoms with Gasteiger partial charge in [-0.15, -0.1) is 13.2 Å². The Morgan fingerprint density at radius 3 is 1.43 bits per heavy atom. The van der Waals surface area contributed by atoms with Crippen LogP contribution in [-0.2, 0) is 0 Å². The van der Waals surface area contributed by atoms with Crippen molar-refractivity contribution in [3.8, 4) is 0 Å². The van der Waals surface area contributed by atoms with E-state index < -0.39 is 17.3 Å². The normalized spacial score (nSPS) is 13.0. The molecule has 2 aromatic heterocycles. The van der Waals surface area contributed by atoms with Gasteiger partial charge in [0.15, 0.2) is 16.9 Å². The molecule has 0 aliphatic rings. The number of nitrogens with zero attached hydrogens (tertiary/aromatic N) is 2. The summed E-state index contributed by atoms with van der Waals surface area (Å²) in [4.78, 5) is 3.72. The number of hydrogen-bond acceptors (Lipinski definition) is 7. The lowest BCUT2D eigenvalue weighted by molar-refractivity contribution is 0.313. The molecule has 0 unspecified atom stereocenters. The SMILES string of the molecule is C=C.[B]/C(=C\C=C/C)N(c1ccc2ccc3c(N(/C(C(=C)O)=C(O)/C(O)=C(/[B])C)c4cccc5c4oc4c(C)cccc45)ccc4ccc1c2c43)c1cccc2c1oc1c(C)cccc12.